The second-order valence-corrected chi connectivity index (χ2v) is 9.37. The average molecular weight is 482 g/mol. The number of aromatic nitrogens is 2. The van der Waals surface area contributed by atoms with Gasteiger partial charge in [-0.2, -0.15) is 0 Å². The van der Waals surface area contributed by atoms with E-state index in [1.807, 2.05) is 0 Å². The Bertz CT molecular complexity index is 1060. The van der Waals surface area contributed by atoms with Gasteiger partial charge < -0.3 is 10.2 Å². The summed E-state index contributed by atoms with van der Waals surface area (Å²) in [7, 11) is 0. The van der Waals surface area contributed by atoms with E-state index in [-0.39, 0.29) is 35.9 Å². The van der Waals surface area contributed by atoms with Crippen LogP contribution in [0, 0.1) is 0 Å². The molecule has 4 amide bonds. The molecule has 1 N–H and O–H groups in total. The van der Waals surface area contributed by atoms with Crippen molar-refractivity contribution >= 4 is 46.8 Å². The van der Waals surface area contributed by atoms with Crippen molar-refractivity contribution in [3.05, 3.63) is 42.7 Å². The molecule has 34 heavy (non-hydrogen) atoms. The quantitative estimate of drug-likeness (QED) is 0.367. The van der Waals surface area contributed by atoms with Crippen molar-refractivity contribution in [2.75, 3.05) is 16.0 Å². The third kappa shape index (κ3) is 5.44. The number of carbonyl (C=O) groups is 4. The molecule has 1 saturated heterocycles. The highest BCUT2D eigenvalue weighted by Crippen LogP contribution is 2.32. The first kappa shape index (κ1) is 23.9. The number of amides is 4. The van der Waals surface area contributed by atoms with Crippen molar-refractivity contribution in [3.63, 3.8) is 0 Å². The molecule has 9 nitrogen and oxygen atoms in total. The molecule has 2 heterocycles. The summed E-state index contributed by atoms with van der Waals surface area (Å²) in [4.78, 5) is 62.1. The number of nitrogens with one attached hydrogen (secondary N) is 1. The number of carbonyl (C=O) groups excluding carboxylic acids is 4. The van der Waals surface area contributed by atoms with Gasteiger partial charge in [0.05, 0.1) is 17.9 Å². The third-order valence-corrected chi connectivity index (χ3v) is 6.89. The van der Waals surface area contributed by atoms with E-state index in [1.165, 1.54) is 18.7 Å². The maximum absolute atomic E-state index is 13.5. The van der Waals surface area contributed by atoms with Crippen molar-refractivity contribution in [1.82, 2.24) is 14.9 Å². The molecule has 0 bridgehead atoms. The van der Waals surface area contributed by atoms with Crippen LogP contribution in [0.25, 0.3) is 0 Å². The van der Waals surface area contributed by atoms with Crippen molar-refractivity contribution < 1.29 is 19.2 Å². The monoisotopic (exact) mass is 481 g/mol. The van der Waals surface area contributed by atoms with E-state index >= 15 is 0 Å². The molecule has 1 atom stereocenters. The first-order valence-corrected chi connectivity index (χ1v) is 12.4. The van der Waals surface area contributed by atoms with E-state index in [0.29, 0.717) is 16.5 Å². The first-order chi connectivity index (χ1) is 16.4. The summed E-state index contributed by atoms with van der Waals surface area (Å²) in [5, 5.41) is 3.16. The van der Waals surface area contributed by atoms with E-state index < -0.39 is 11.9 Å². The lowest BCUT2D eigenvalue weighted by molar-refractivity contribution is -0.139. The highest BCUT2D eigenvalue weighted by molar-refractivity contribution is 7.99. The lowest BCUT2D eigenvalue weighted by Gasteiger charge is -2.37. The fraction of sp³-hybridized carbons (Fsp3) is 0.417. The summed E-state index contributed by atoms with van der Waals surface area (Å²) in [5.74, 6) is -1.02. The number of hydrogen-bond acceptors (Lipinski definition) is 7. The van der Waals surface area contributed by atoms with Crippen LogP contribution in [0.1, 0.15) is 45.4 Å². The Morgan fingerprint density at radius 2 is 1.76 bits per heavy atom. The maximum Gasteiger partial charge on any atom is 0.257 e. The largest absolute Gasteiger partial charge is 0.326 e. The molecule has 2 aliphatic rings. The van der Waals surface area contributed by atoms with Gasteiger partial charge >= 0.3 is 0 Å². The highest BCUT2D eigenvalue weighted by atomic mass is 32.2. The van der Waals surface area contributed by atoms with Crippen LogP contribution in [0.5, 0.6) is 0 Å². The van der Waals surface area contributed by atoms with Gasteiger partial charge in [-0.25, -0.2) is 14.9 Å². The molecular weight excluding hydrogens is 454 g/mol. The number of nitrogens with zero attached hydrogens (tertiary/aromatic N) is 4. The molecule has 1 saturated carbocycles. The van der Waals surface area contributed by atoms with E-state index in [2.05, 4.69) is 15.3 Å². The summed E-state index contributed by atoms with van der Waals surface area (Å²) >= 11 is 1.23. The summed E-state index contributed by atoms with van der Waals surface area (Å²) < 4.78 is 0. The molecule has 10 heteroatoms. The number of thioether (sulfide) groups is 1. The summed E-state index contributed by atoms with van der Waals surface area (Å²) in [6.07, 6.45) is 7.93. The maximum atomic E-state index is 13.5. The number of rotatable bonds is 7. The number of anilines is 2. The zero-order valence-corrected chi connectivity index (χ0v) is 19.8. The van der Waals surface area contributed by atoms with Crippen LogP contribution in [0.2, 0.25) is 0 Å². The Morgan fingerprint density at radius 3 is 2.41 bits per heavy atom. The van der Waals surface area contributed by atoms with Crippen LogP contribution in [-0.2, 0) is 19.2 Å². The van der Waals surface area contributed by atoms with Gasteiger partial charge in [0.15, 0.2) is 5.16 Å². The lowest BCUT2D eigenvalue weighted by atomic mass is 9.92. The molecule has 4 rings (SSSR count). The average Bonchev–Trinajstić information content (AvgIpc) is 3.13. The Hall–Kier alpha value is -3.27. The van der Waals surface area contributed by atoms with Gasteiger partial charge in [0.25, 0.3) is 5.91 Å². The SMILES string of the molecule is CC(=O)Nc1ccc(N2C(=O)CC(N(C(=O)CSc3ncccn3)C3CCCCC3)C2=O)cc1. The molecule has 1 aliphatic carbocycles. The molecule has 178 valence electrons. The fourth-order valence-electron chi connectivity index (χ4n) is 4.55. The summed E-state index contributed by atoms with van der Waals surface area (Å²) in [6, 6.07) is 7.35. The predicted octanol–water partition coefficient (Wildman–Crippen LogP) is 3.02. The van der Waals surface area contributed by atoms with Crippen LogP contribution in [0.3, 0.4) is 0 Å². The normalized spacial score (nSPS) is 18.7. The van der Waals surface area contributed by atoms with Crippen LogP contribution in [0.4, 0.5) is 11.4 Å². The molecule has 1 unspecified atom stereocenters. The van der Waals surface area contributed by atoms with Crippen LogP contribution in [-0.4, -0.2) is 56.3 Å². The topological polar surface area (TPSA) is 113 Å². The van der Waals surface area contributed by atoms with Gasteiger partial charge in [-0.1, -0.05) is 31.0 Å². The van der Waals surface area contributed by atoms with Gasteiger partial charge in [0, 0.05) is 31.0 Å². The Labute approximate surface area is 202 Å². The minimum Gasteiger partial charge on any atom is -0.326 e. The highest BCUT2D eigenvalue weighted by Gasteiger charge is 2.46. The van der Waals surface area contributed by atoms with Crippen molar-refractivity contribution in [3.8, 4) is 0 Å². The minimum absolute atomic E-state index is 0.0407. The number of hydrogen-bond donors (Lipinski definition) is 1. The molecule has 2 fully saturated rings. The molecule has 2 aromatic rings. The van der Waals surface area contributed by atoms with Crippen molar-refractivity contribution in [2.45, 2.75) is 62.7 Å². The van der Waals surface area contributed by atoms with Gasteiger partial charge in [-0.3, -0.25) is 19.2 Å². The molecular formula is C24H27N5O4S. The molecule has 1 aromatic heterocycles. The summed E-state index contributed by atoms with van der Waals surface area (Å²) in [5.41, 5.74) is 1.00. The molecule has 0 spiro atoms. The first-order valence-electron chi connectivity index (χ1n) is 11.4. The van der Waals surface area contributed by atoms with E-state index in [0.717, 1.165) is 37.0 Å². The van der Waals surface area contributed by atoms with E-state index in [4.69, 9.17) is 0 Å². The van der Waals surface area contributed by atoms with Gasteiger partial charge in [-0.15, -0.1) is 0 Å². The van der Waals surface area contributed by atoms with Crippen LogP contribution < -0.4 is 10.2 Å². The number of imide groups is 1. The summed E-state index contributed by atoms with van der Waals surface area (Å²) in [6.45, 7) is 1.41. The van der Waals surface area contributed by atoms with Gasteiger partial charge in [0.1, 0.15) is 6.04 Å². The van der Waals surface area contributed by atoms with Crippen molar-refractivity contribution in [1.29, 1.82) is 0 Å². The Balaban J connectivity index is 1.53. The smallest absolute Gasteiger partial charge is 0.257 e. The second kappa shape index (κ2) is 10.8. The van der Waals surface area contributed by atoms with Crippen molar-refractivity contribution in [2.24, 2.45) is 0 Å². The lowest BCUT2D eigenvalue weighted by Crippen LogP contribution is -2.52. The van der Waals surface area contributed by atoms with Crippen LogP contribution >= 0.6 is 11.8 Å². The van der Waals surface area contributed by atoms with E-state index in [1.54, 1.807) is 47.6 Å². The van der Waals surface area contributed by atoms with Gasteiger partial charge in [0.2, 0.25) is 17.7 Å². The fourth-order valence-corrected chi connectivity index (χ4v) is 5.23. The molecule has 0 radical (unpaired) electrons. The van der Waals surface area contributed by atoms with Gasteiger partial charge in [-0.05, 0) is 43.2 Å². The standard InChI is InChI=1S/C24H27N5O4S/c1-16(30)27-17-8-10-19(11-9-17)29-21(31)14-20(23(29)33)28(18-6-3-2-4-7-18)22(32)15-34-24-25-12-5-13-26-24/h5,8-13,18,20H,2-4,6-7,14-15H2,1H3,(H,27,30). The minimum atomic E-state index is -0.824. The zero-order chi connectivity index (χ0) is 24.1. The zero-order valence-electron chi connectivity index (χ0n) is 19.0. The Morgan fingerprint density at radius 1 is 1.09 bits per heavy atom. The van der Waals surface area contributed by atoms with Crippen LogP contribution in [0.15, 0.2) is 47.9 Å². The second-order valence-electron chi connectivity index (χ2n) is 8.43. The molecule has 1 aromatic carbocycles. The predicted molar refractivity (Wildman–Crippen MR) is 128 cm³/mol. The third-order valence-electron chi connectivity index (χ3n) is 6.03. The molecule has 1 aliphatic heterocycles. The van der Waals surface area contributed by atoms with E-state index in [9.17, 15) is 19.2 Å². The Kier molecular flexibility index (Phi) is 7.56. The number of benzene rings is 1.